The fourth-order valence-electron chi connectivity index (χ4n) is 7.16. The van der Waals surface area contributed by atoms with Crippen molar-refractivity contribution in [2.24, 2.45) is 17.3 Å². The molecule has 0 bridgehead atoms. The van der Waals surface area contributed by atoms with E-state index < -0.39 is 65.2 Å². The second kappa shape index (κ2) is 18.3. The molecule has 3 amide bonds. The maximum atomic E-state index is 14.3. The molecule has 2 aliphatic carbocycles. The number of nitrogens with one attached hydrogen (secondary N) is 3. The minimum absolute atomic E-state index is 0.0124. The lowest BCUT2D eigenvalue weighted by Crippen LogP contribution is -2.58. The molecule has 0 radical (unpaired) electrons. The molecule has 13 nitrogen and oxygen atoms in total. The Morgan fingerprint density at radius 3 is 2.36 bits per heavy atom. The quantitative estimate of drug-likeness (QED) is 0.114. The van der Waals surface area contributed by atoms with Crippen LogP contribution in [0.2, 0.25) is 0 Å². The van der Waals surface area contributed by atoms with Gasteiger partial charge in [0.05, 0.1) is 31.3 Å². The Morgan fingerprint density at radius 1 is 0.982 bits per heavy atom. The van der Waals surface area contributed by atoms with Crippen LogP contribution in [0.4, 0.5) is 0 Å². The van der Waals surface area contributed by atoms with Gasteiger partial charge in [0.2, 0.25) is 17.7 Å². The molecule has 56 heavy (non-hydrogen) atoms. The van der Waals surface area contributed by atoms with Gasteiger partial charge in [0.1, 0.15) is 35.7 Å². The molecule has 6 atom stereocenters. The third kappa shape index (κ3) is 9.92. The number of hydrogen-bond acceptors (Lipinski definition) is 9. The smallest absolute Gasteiger partial charge is 0.328 e. The number of methoxy groups -OCH3 is 2. The van der Waals surface area contributed by atoms with E-state index in [1.54, 1.807) is 52.2 Å². The number of esters is 1. The molecular weight excluding hydrogens is 716 g/mol. The topological polar surface area (TPSA) is 182 Å². The number of aliphatic carboxylic acids is 1. The monoisotopic (exact) mass is 768 g/mol. The molecule has 0 saturated carbocycles. The third-order valence-corrected chi connectivity index (χ3v) is 10.2. The van der Waals surface area contributed by atoms with Crippen molar-refractivity contribution in [3.8, 4) is 22.8 Å². The normalized spacial score (nSPS) is 19.5. The highest BCUT2D eigenvalue weighted by Crippen LogP contribution is 2.36. The van der Waals surface area contributed by atoms with Crippen LogP contribution in [-0.2, 0) is 28.7 Å². The van der Waals surface area contributed by atoms with Gasteiger partial charge in [-0.15, -0.1) is 0 Å². The molecule has 1 unspecified atom stereocenters. The van der Waals surface area contributed by atoms with Crippen LogP contribution in [0.3, 0.4) is 0 Å². The summed E-state index contributed by atoms with van der Waals surface area (Å²) >= 11 is 0. The van der Waals surface area contributed by atoms with Crippen LogP contribution < -0.4 is 25.4 Å². The lowest BCUT2D eigenvalue weighted by Gasteiger charge is -2.33. The number of carbonyl (C=O) groups is 5. The van der Waals surface area contributed by atoms with Gasteiger partial charge < -0.3 is 35.3 Å². The predicted octanol–water partition coefficient (Wildman–Crippen LogP) is 5.52. The summed E-state index contributed by atoms with van der Waals surface area (Å²) in [6.07, 6.45) is 7.73. The number of amides is 3. The highest BCUT2D eigenvalue weighted by Gasteiger charge is 2.42. The van der Waals surface area contributed by atoms with Crippen molar-refractivity contribution < 1.29 is 43.3 Å². The number of aromatic nitrogens is 1. The minimum atomic E-state index is -1.19. The van der Waals surface area contributed by atoms with Crippen molar-refractivity contribution in [3.05, 3.63) is 78.4 Å². The number of ether oxygens (including phenoxy) is 3. The van der Waals surface area contributed by atoms with Crippen LogP contribution in [0, 0.1) is 17.3 Å². The number of nitrogens with zero attached hydrogens (tertiary/aromatic N) is 1. The molecule has 0 saturated heterocycles. The molecule has 4 N–H and O–H groups in total. The predicted molar refractivity (Wildman–Crippen MR) is 211 cm³/mol. The lowest BCUT2D eigenvalue weighted by atomic mass is 9.84. The van der Waals surface area contributed by atoms with Gasteiger partial charge in [-0.1, -0.05) is 76.6 Å². The number of rotatable bonds is 15. The van der Waals surface area contributed by atoms with E-state index in [-0.39, 0.29) is 24.3 Å². The molecule has 1 aromatic heterocycles. The molecule has 1 heterocycles. The zero-order valence-corrected chi connectivity index (χ0v) is 32.8. The second-order valence-electron chi connectivity index (χ2n) is 15.3. The SMILES string of the molecule is CCC[C@H](NC(=O)[C@@H]1C[C@@H](Oc2cc(-c3ccccc3)nc3cc(OC)ccc23)C=C1C(=O)N[C@H](C(=O)N[C@H](C(=O)OC)C1C=CCCC1)C(C)(C)C)C(=O)O. The number of allylic oxidation sites excluding steroid dienone is 1. The molecule has 2 aliphatic rings. The first kappa shape index (κ1) is 41.4. The first-order valence-corrected chi connectivity index (χ1v) is 19.1. The molecule has 0 spiro atoms. The number of fused-ring (bicyclic) bond motifs is 1. The molecule has 298 valence electrons. The molecule has 13 heteroatoms. The Bertz CT molecular complexity index is 1990. The van der Waals surface area contributed by atoms with E-state index in [1.165, 1.54) is 7.11 Å². The van der Waals surface area contributed by atoms with E-state index >= 15 is 0 Å². The summed E-state index contributed by atoms with van der Waals surface area (Å²) in [5.41, 5.74) is 1.27. The zero-order valence-electron chi connectivity index (χ0n) is 32.8. The summed E-state index contributed by atoms with van der Waals surface area (Å²) < 4.78 is 17.1. The van der Waals surface area contributed by atoms with E-state index in [2.05, 4.69) is 16.0 Å². The molecule has 3 aromatic rings. The van der Waals surface area contributed by atoms with E-state index in [4.69, 9.17) is 19.2 Å². The van der Waals surface area contributed by atoms with Crippen molar-refractivity contribution >= 4 is 40.6 Å². The van der Waals surface area contributed by atoms with Crippen LogP contribution in [-0.4, -0.2) is 78.2 Å². The number of carboxylic acid groups (broad SMARTS) is 1. The summed E-state index contributed by atoms with van der Waals surface area (Å²) in [7, 11) is 2.83. The van der Waals surface area contributed by atoms with E-state index in [1.807, 2.05) is 55.5 Å². The Morgan fingerprint density at radius 2 is 1.73 bits per heavy atom. The highest BCUT2D eigenvalue weighted by atomic mass is 16.5. The fourth-order valence-corrected chi connectivity index (χ4v) is 7.16. The third-order valence-electron chi connectivity index (χ3n) is 10.2. The van der Waals surface area contributed by atoms with Gasteiger partial charge in [-0.2, -0.15) is 0 Å². The van der Waals surface area contributed by atoms with Crippen LogP contribution in [0.1, 0.15) is 66.2 Å². The van der Waals surface area contributed by atoms with Gasteiger partial charge in [-0.25, -0.2) is 14.6 Å². The molecule has 2 aromatic carbocycles. The first-order chi connectivity index (χ1) is 26.7. The molecular formula is C43H52N4O9. The largest absolute Gasteiger partial charge is 0.497 e. The lowest BCUT2D eigenvalue weighted by molar-refractivity contribution is -0.147. The summed E-state index contributed by atoms with van der Waals surface area (Å²) in [5.74, 6) is -4.07. The maximum absolute atomic E-state index is 14.3. The zero-order chi connectivity index (χ0) is 40.6. The van der Waals surface area contributed by atoms with Crippen molar-refractivity contribution in [3.63, 3.8) is 0 Å². The van der Waals surface area contributed by atoms with Crippen LogP contribution in [0.15, 0.2) is 78.4 Å². The Labute approximate surface area is 327 Å². The molecule has 5 rings (SSSR count). The van der Waals surface area contributed by atoms with Crippen LogP contribution >= 0.6 is 0 Å². The van der Waals surface area contributed by atoms with Crippen molar-refractivity contribution in [2.75, 3.05) is 14.2 Å². The average Bonchev–Trinajstić information content (AvgIpc) is 3.62. The van der Waals surface area contributed by atoms with Gasteiger partial charge in [0.15, 0.2) is 0 Å². The van der Waals surface area contributed by atoms with Crippen LogP contribution in [0.5, 0.6) is 11.5 Å². The van der Waals surface area contributed by atoms with Gasteiger partial charge >= 0.3 is 11.9 Å². The van der Waals surface area contributed by atoms with Gasteiger partial charge in [0.25, 0.3) is 0 Å². The van der Waals surface area contributed by atoms with Crippen molar-refractivity contribution in [2.45, 2.75) is 90.4 Å². The van der Waals surface area contributed by atoms with Crippen molar-refractivity contribution in [1.82, 2.24) is 20.9 Å². The van der Waals surface area contributed by atoms with Gasteiger partial charge in [-0.3, -0.25) is 14.4 Å². The fraction of sp³-hybridized carbons (Fsp3) is 0.442. The van der Waals surface area contributed by atoms with E-state index in [0.717, 1.165) is 18.4 Å². The Kier molecular flexibility index (Phi) is 13.5. The van der Waals surface area contributed by atoms with Gasteiger partial charge in [0, 0.05) is 41.0 Å². The number of carbonyl (C=O) groups excluding carboxylic acids is 4. The maximum Gasteiger partial charge on any atom is 0.328 e. The van der Waals surface area contributed by atoms with Crippen LogP contribution in [0.25, 0.3) is 22.2 Å². The van der Waals surface area contributed by atoms with E-state index in [9.17, 15) is 29.1 Å². The minimum Gasteiger partial charge on any atom is -0.497 e. The van der Waals surface area contributed by atoms with Gasteiger partial charge in [-0.05, 0) is 49.3 Å². The number of pyridine rings is 1. The number of hydrogen-bond donors (Lipinski definition) is 4. The van der Waals surface area contributed by atoms with E-state index in [0.29, 0.717) is 40.9 Å². The second-order valence-corrected chi connectivity index (χ2v) is 15.3. The highest BCUT2D eigenvalue weighted by molar-refractivity contribution is 6.04. The summed E-state index contributed by atoms with van der Waals surface area (Å²) in [6.45, 7) is 7.15. The number of benzene rings is 2. The van der Waals surface area contributed by atoms with Crippen molar-refractivity contribution in [1.29, 1.82) is 0 Å². The average molecular weight is 769 g/mol. The first-order valence-electron chi connectivity index (χ1n) is 19.1. The molecule has 0 fully saturated rings. The summed E-state index contributed by atoms with van der Waals surface area (Å²) in [4.78, 5) is 72.0. The molecule has 0 aliphatic heterocycles. The number of carboxylic acids is 1. The standard InChI is InChI=1S/C43H52N4O9/c1-7-14-32(41(51)52)45-38(48)30-21-28(56-35-24-33(25-15-10-8-11-16-25)44-34-23-27(54-5)19-20-29(34)35)22-31(30)39(49)47-37(43(2,3)4)40(50)46-36(42(53)55-6)26-17-12-9-13-18-26/h8,10-12,15-17,19-20,22-24,26,28,30,32,36-37H,7,9,13-14,18,21H2,1-6H3,(H,45,48)(H,46,50)(H,47,49)(H,51,52)/t26?,28-,30-,32+,36+,37-/m1/s1. The summed E-state index contributed by atoms with van der Waals surface area (Å²) in [5, 5.41) is 18.8. The summed E-state index contributed by atoms with van der Waals surface area (Å²) in [6, 6.07) is 13.5. The Hall–Kier alpha value is -5.72. The Balaban J connectivity index is 1.49.